The van der Waals surface area contributed by atoms with Gasteiger partial charge in [0.1, 0.15) is 0 Å². The van der Waals surface area contributed by atoms with Crippen molar-refractivity contribution in [1.82, 2.24) is 0 Å². The average Bonchev–Trinajstić information content (AvgIpc) is 2.06. The highest BCUT2D eigenvalue weighted by Gasteiger charge is 2.02. The fourth-order valence-electron chi connectivity index (χ4n) is 1.16. The van der Waals surface area contributed by atoms with Crippen LogP contribution in [0.3, 0.4) is 0 Å². The maximum absolute atomic E-state index is 5.88. The van der Waals surface area contributed by atoms with E-state index in [1.165, 1.54) is 11.1 Å². The number of nitrogens with two attached hydrogens (primary N) is 2. The first kappa shape index (κ1) is 12.4. The summed E-state index contributed by atoms with van der Waals surface area (Å²) in [5.41, 5.74) is 13.7. The Morgan fingerprint density at radius 3 is 2.23 bits per heavy atom. The van der Waals surface area contributed by atoms with E-state index in [1.807, 2.05) is 0 Å². The van der Waals surface area contributed by atoms with E-state index in [0.717, 1.165) is 6.42 Å². The van der Waals surface area contributed by atoms with Crippen molar-refractivity contribution in [3.05, 3.63) is 35.4 Å². The largest absolute Gasteiger partial charge is 0.330 e. The number of hydrogen-bond acceptors (Lipinski definition) is 2. The molecule has 0 aliphatic rings. The molecule has 0 amide bonds. The van der Waals surface area contributed by atoms with E-state index in [4.69, 9.17) is 11.5 Å². The van der Waals surface area contributed by atoms with Crippen LogP contribution in [0.15, 0.2) is 24.3 Å². The van der Waals surface area contributed by atoms with Gasteiger partial charge in [-0.3, -0.25) is 0 Å². The molecular weight excluding hydrogens is 184 g/mol. The molecular formula is C10H17ClN2. The van der Waals surface area contributed by atoms with Gasteiger partial charge in [0.2, 0.25) is 0 Å². The van der Waals surface area contributed by atoms with E-state index in [2.05, 4.69) is 31.2 Å². The number of aryl methyl sites for hydroxylation is 1. The van der Waals surface area contributed by atoms with Crippen molar-refractivity contribution < 1.29 is 0 Å². The second-order valence-electron chi connectivity index (χ2n) is 3.09. The number of halogens is 1. The number of rotatable bonds is 3. The van der Waals surface area contributed by atoms with Gasteiger partial charge in [-0.25, -0.2) is 0 Å². The monoisotopic (exact) mass is 200 g/mol. The summed E-state index contributed by atoms with van der Waals surface area (Å²) in [6.07, 6.45) is 0.850. The van der Waals surface area contributed by atoms with Crippen LogP contribution in [0.5, 0.6) is 0 Å². The van der Waals surface area contributed by atoms with Gasteiger partial charge in [-0.2, -0.15) is 0 Å². The molecule has 74 valence electrons. The fourth-order valence-corrected chi connectivity index (χ4v) is 1.16. The van der Waals surface area contributed by atoms with Crippen LogP contribution in [-0.4, -0.2) is 6.54 Å². The normalized spacial score (nSPS) is 11.9. The molecule has 0 spiro atoms. The van der Waals surface area contributed by atoms with Crippen molar-refractivity contribution in [2.75, 3.05) is 6.54 Å². The molecule has 0 fully saturated rings. The maximum atomic E-state index is 5.88. The van der Waals surface area contributed by atoms with E-state index in [-0.39, 0.29) is 18.4 Å². The van der Waals surface area contributed by atoms with Crippen LogP contribution >= 0.6 is 12.4 Å². The molecule has 0 aromatic heterocycles. The van der Waals surface area contributed by atoms with E-state index in [1.54, 1.807) is 0 Å². The minimum absolute atomic E-state index is 0. The van der Waals surface area contributed by atoms with Crippen molar-refractivity contribution in [3.63, 3.8) is 0 Å². The topological polar surface area (TPSA) is 52.0 Å². The van der Waals surface area contributed by atoms with Gasteiger partial charge in [-0.15, -0.1) is 12.4 Å². The fraction of sp³-hybridized carbons (Fsp3) is 0.400. The van der Waals surface area contributed by atoms with Crippen LogP contribution in [0.2, 0.25) is 0 Å². The molecule has 4 N–H and O–H groups in total. The molecule has 1 aromatic rings. The van der Waals surface area contributed by atoms with Crippen molar-refractivity contribution in [2.24, 2.45) is 11.5 Å². The van der Waals surface area contributed by atoms with Gasteiger partial charge in [0.15, 0.2) is 0 Å². The lowest BCUT2D eigenvalue weighted by molar-refractivity contribution is 0.661. The van der Waals surface area contributed by atoms with Crippen LogP contribution < -0.4 is 11.5 Å². The third-order valence-electron chi connectivity index (χ3n) is 1.98. The smallest absolute Gasteiger partial charge is 0.0306 e. The second-order valence-corrected chi connectivity index (χ2v) is 3.09. The zero-order chi connectivity index (χ0) is 8.97. The van der Waals surface area contributed by atoms with Gasteiger partial charge in [-0.05, 0) is 25.5 Å². The Hall–Kier alpha value is -0.570. The van der Waals surface area contributed by atoms with Crippen LogP contribution in [0.25, 0.3) is 0 Å². The number of hydrogen-bond donors (Lipinski definition) is 2. The predicted molar refractivity (Wildman–Crippen MR) is 59.0 cm³/mol. The van der Waals surface area contributed by atoms with Crippen molar-refractivity contribution in [2.45, 2.75) is 19.4 Å². The Morgan fingerprint density at radius 1 is 1.23 bits per heavy atom. The highest BCUT2D eigenvalue weighted by molar-refractivity contribution is 5.85. The molecule has 0 aliphatic heterocycles. The molecule has 0 saturated carbocycles. The van der Waals surface area contributed by atoms with Crippen molar-refractivity contribution in [1.29, 1.82) is 0 Å². The second kappa shape index (κ2) is 5.97. The Labute approximate surface area is 85.7 Å². The molecule has 0 aliphatic carbocycles. The summed E-state index contributed by atoms with van der Waals surface area (Å²) in [5.74, 6) is 0. The lowest BCUT2D eigenvalue weighted by Crippen LogP contribution is -2.15. The summed E-state index contributed by atoms with van der Waals surface area (Å²) in [6, 6.07) is 8.37. The third kappa shape index (κ3) is 3.77. The summed E-state index contributed by atoms with van der Waals surface area (Å²) in [4.78, 5) is 0. The molecule has 1 rings (SSSR count). The van der Waals surface area contributed by atoms with Gasteiger partial charge in [-0.1, -0.05) is 29.8 Å². The van der Waals surface area contributed by atoms with Gasteiger partial charge in [0, 0.05) is 6.04 Å². The van der Waals surface area contributed by atoms with Crippen molar-refractivity contribution in [3.8, 4) is 0 Å². The molecule has 0 radical (unpaired) electrons. The zero-order valence-corrected chi connectivity index (χ0v) is 8.68. The van der Waals surface area contributed by atoms with Crippen molar-refractivity contribution >= 4 is 12.4 Å². The van der Waals surface area contributed by atoms with Gasteiger partial charge >= 0.3 is 0 Å². The van der Waals surface area contributed by atoms with Gasteiger partial charge in [0.25, 0.3) is 0 Å². The highest BCUT2D eigenvalue weighted by atomic mass is 35.5. The Kier molecular flexibility index (Phi) is 5.71. The first-order valence-corrected chi connectivity index (χ1v) is 4.26. The quantitative estimate of drug-likeness (QED) is 0.782. The predicted octanol–water partition coefficient (Wildman–Crippen LogP) is 1.77. The molecule has 0 unspecified atom stereocenters. The highest BCUT2D eigenvalue weighted by Crippen LogP contribution is 2.13. The van der Waals surface area contributed by atoms with Gasteiger partial charge in [0.05, 0.1) is 0 Å². The molecule has 1 atom stereocenters. The lowest BCUT2D eigenvalue weighted by atomic mass is 10.0. The van der Waals surface area contributed by atoms with Crippen LogP contribution in [0.4, 0.5) is 0 Å². The van der Waals surface area contributed by atoms with E-state index in [0.29, 0.717) is 6.54 Å². The van der Waals surface area contributed by atoms with E-state index in [9.17, 15) is 0 Å². The lowest BCUT2D eigenvalue weighted by Gasteiger charge is -2.10. The molecule has 3 heteroatoms. The molecule has 13 heavy (non-hydrogen) atoms. The first-order chi connectivity index (χ1) is 5.74. The maximum Gasteiger partial charge on any atom is 0.0306 e. The SMILES string of the molecule is Cc1ccc([C@@H](N)CCN)cc1.Cl. The van der Waals surface area contributed by atoms with E-state index >= 15 is 0 Å². The molecule has 2 nitrogen and oxygen atoms in total. The van der Waals surface area contributed by atoms with Gasteiger partial charge < -0.3 is 11.5 Å². The zero-order valence-electron chi connectivity index (χ0n) is 7.86. The average molecular weight is 201 g/mol. The molecule has 0 saturated heterocycles. The first-order valence-electron chi connectivity index (χ1n) is 4.26. The van der Waals surface area contributed by atoms with E-state index < -0.39 is 0 Å². The van der Waals surface area contributed by atoms with Crippen LogP contribution in [0.1, 0.15) is 23.6 Å². The minimum Gasteiger partial charge on any atom is -0.330 e. The standard InChI is InChI=1S/C10H16N2.ClH/c1-8-2-4-9(5-3-8)10(12)6-7-11;/h2-5,10H,6-7,11-12H2,1H3;1H/t10-;/m0./s1. The Bertz CT molecular complexity index is 233. The number of benzene rings is 1. The molecule has 0 bridgehead atoms. The summed E-state index contributed by atoms with van der Waals surface area (Å²) < 4.78 is 0. The molecule has 0 heterocycles. The summed E-state index contributed by atoms with van der Waals surface area (Å²) in [5, 5.41) is 0. The van der Waals surface area contributed by atoms with Crippen LogP contribution in [0, 0.1) is 6.92 Å². The minimum atomic E-state index is 0. The third-order valence-corrected chi connectivity index (χ3v) is 1.98. The Morgan fingerprint density at radius 2 is 1.77 bits per heavy atom. The summed E-state index contributed by atoms with van der Waals surface area (Å²) >= 11 is 0. The summed E-state index contributed by atoms with van der Waals surface area (Å²) in [7, 11) is 0. The Balaban J connectivity index is 0.00000144. The summed E-state index contributed by atoms with van der Waals surface area (Å²) in [6.45, 7) is 2.72. The molecule has 1 aromatic carbocycles. The van der Waals surface area contributed by atoms with Crippen LogP contribution in [-0.2, 0) is 0 Å².